The van der Waals surface area contributed by atoms with Crippen LogP contribution in [0, 0.1) is 5.92 Å². The van der Waals surface area contributed by atoms with Crippen LogP contribution in [0.2, 0.25) is 0 Å². The second-order valence-corrected chi connectivity index (χ2v) is 4.54. The highest BCUT2D eigenvalue weighted by molar-refractivity contribution is 5.82. The van der Waals surface area contributed by atoms with Crippen LogP contribution in [-0.2, 0) is 19.1 Å². The number of rotatable bonds is 6. The Bertz CT molecular complexity index is 373. The molecule has 2 N–H and O–H groups in total. The first kappa shape index (κ1) is 16.2. The van der Waals surface area contributed by atoms with Gasteiger partial charge >= 0.3 is 18.0 Å². The van der Waals surface area contributed by atoms with Crippen molar-refractivity contribution in [3.05, 3.63) is 0 Å². The largest absolute Gasteiger partial charge is 0.481 e. The molecule has 8 nitrogen and oxygen atoms in total. The van der Waals surface area contributed by atoms with Crippen molar-refractivity contribution in [2.24, 2.45) is 5.92 Å². The summed E-state index contributed by atoms with van der Waals surface area (Å²) in [6.45, 7) is 2.32. The van der Waals surface area contributed by atoms with Gasteiger partial charge in [-0.2, -0.15) is 0 Å². The van der Waals surface area contributed by atoms with Gasteiger partial charge in [0.2, 0.25) is 0 Å². The molecule has 20 heavy (non-hydrogen) atoms. The van der Waals surface area contributed by atoms with Gasteiger partial charge in [0.15, 0.2) is 0 Å². The SMILES string of the molecule is CCCN(CC(=O)OC)C(=O)NC1COCC1C(=O)O. The van der Waals surface area contributed by atoms with Gasteiger partial charge in [0, 0.05) is 6.54 Å². The molecule has 0 spiro atoms. The molecule has 1 fully saturated rings. The second-order valence-electron chi connectivity index (χ2n) is 4.54. The Morgan fingerprint density at radius 3 is 2.65 bits per heavy atom. The smallest absolute Gasteiger partial charge is 0.325 e. The number of hydrogen-bond acceptors (Lipinski definition) is 5. The monoisotopic (exact) mass is 288 g/mol. The third-order valence-electron chi connectivity index (χ3n) is 3.03. The number of urea groups is 1. The van der Waals surface area contributed by atoms with Gasteiger partial charge in [0.05, 0.1) is 26.4 Å². The topological polar surface area (TPSA) is 105 Å². The van der Waals surface area contributed by atoms with Crippen molar-refractivity contribution in [2.45, 2.75) is 19.4 Å². The lowest BCUT2D eigenvalue weighted by atomic mass is 10.0. The number of ether oxygens (including phenoxy) is 2. The van der Waals surface area contributed by atoms with E-state index < -0.39 is 29.9 Å². The number of amides is 2. The molecular formula is C12H20N2O6. The van der Waals surface area contributed by atoms with E-state index in [0.29, 0.717) is 13.0 Å². The minimum absolute atomic E-state index is 0.0745. The first-order valence-electron chi connectivity index (χ1n) is 6.42. The van der Waals surface area contributed by atoms with Gasteiger partial charge in [-0.05, 0) is 6.42 Å². The van der Waals surface area contributed by atoms with Crippen LogP contribution in [0.25, 0.3) is 0 Å². The molecule has 0 bridgehead atoms. The summed E-state index contributed by atoms with van der Waals surface area (Å²) in [6.07, 6.45) is 0.675. The van der Waals surface area contributed by atoms with Crippen molar-refractivity contribution >= 4 is 18.0 Å². The Morgan fingerprint density at radius 2 is 2.10 bits per heavy atom. The van der Waals surface area contributed by atoms with Crippen LogP contribution in [0.1, 0.15) is 13.3 Å². The Labute approximate surface area is 117 Å². The van der Waals surface area contributed by atoms with Gasteiger partial charge < -0.3 is 24.8 Å². The molecule has 2 atom stereocenters. The van der Waals surface area contributed by atoms with Crippen LogP contribution < -0.4 is 5.32 Å². The van der Waals surface area contributed by atoms with E-state index in [4.69, 9.17) is 9.84 Å². The van der Waals surface area contributed by atoms with Crippen LogP contribution in [0.5, 0.6) is 0 Å². The number of nitrogens with one attached hydrogen (secondary N) is 1. The fraction of sp³-hybridized carbons (Fsp3) is 0.750. The van der Waals surface area contributed by atoms with Gasteiger partial charge in [-0.15, -0.1) is 0 Å². The van der Waals surface area contributed by atoms with Crippen molar-refractivity contribution in [3.8, 4) is 0 Å². The maximum atomic E-state index is 12.1. The summed E-state index contributed by atoms with van der Waals surface area (Å²) in [4.78, 5) is 35.6. The fourth-order valence-corrected chi connectivity index (χ4v) is 1.93. The molecule has 2 unspecified atom stereocenters. The highest BCUT2D eigenvalue weighted by atomic mass is 16.5. The molecule has 0 aromatic rings. The molecule has 2 amide bonds. The number of esters is 1. The Hall–Kier alpha value is -1.83. The minimum atomic E-state index is -1.01. The Balaban J connectivity index is 2.61. The number of nitrogens with zero attached hydrogens (tertiary/aromatic N) is 1. The second kappa shape index (κ2) is 7.68. The predicted octanol–water partition coefficient (Wildman–Crippen LogP) is -0.319. The molecule has 1 aliphatic heterocycles. The van der Waals surface area contributed by atoms with E-state index in [2.05, 4.69) is 10.1 Å². The van der Waals surface area contributed by atoms with E-state index in [1.807, 2.05) is 6.92 Å². The lowest BCUT2D eigenvalue weighted by molar-refractivity contribution is -0.143. The maximum absolute atomic E-state index is 12.1. The van der Waals surface area contributed by atoms with Crippen molar-refractivity contribution in [3.63, 3.8) is 0 Å². The third kappa shape index (κ3) is 4.37. The van der Waals surface area contributed by atoms with Crippen molar-refractivity contribution in [2.75, 3.05) is 33.4 Å². The van der Waals surface area contributed by atoms with Crippen molar-refractivity contribution in [1.29, 1.82) is 0 Å². The molecule has 0 radical (unpaired) electrons. The summed E-state index contributed by atoms with van der Waals surface area (Å²) < 4.78 is 9.60. The highest BCUT2D eigenvalue weighted by Crippen LogP contribution is 2.14. The van der Waals surface area contributed by atoms with E-state index in [-0.39, 0.29) is 19.8 Å². The average molecular weight is 288 g/mol. The van der Waals surface area contributed by atoms with Gasteiger partial charge in [0.1, 0.15) is 12.5 Å². The van der Waals surface area contributed by atoms with E-state index in [1.165, 1.54) is 12.0 Å². The van der Waals surface area contributed by atoms with Gasteiger partial charge in [-0.25, -0.2) is 4.79 Å². The number of carbonyl (C=O) groups is 3. The summed E-state index contributed by atoms with van der Waals surface area (Å²) in [5.74, 6) is -2.30. The molecule has 1 rings (SSSR count). The van der Waals surface area contributed by atoms with E-state index in [1.54, 1.807) is 0 Å². The van der Waals surface area contributed by atoms with Crippen LogP contribution in [0.4, 0.5) is 4.79 Å². The number of carboxylic acids is 1. The van der Waals surface area contributed by atoms with Crippen molar-refractivity contribution in [1.82, 2.24) is 10.2 Å². The molecule has 114 valence electrons. The normalized spacial score (nSPS) is 21.3. The molecule has 1 saturated heterocycles. The van der Waals surface area contributed by atoms with E-state index in [0.717, 1.165) is 0 Å². The van der Waals surface area contributed by atoms with E-state index in [9.17, 15) is 14.4 Å². The van der Waals surface area contributed by atoms with Gasteiger partial charge in [-0.1, -0.05) is 6.92 Å². The third-order valence-corrected chi connectivity index (χ3v) is 3.03. The lowest BCUT2D eigenvalue weighted by Gasteiger charge is -2.24. The van der Waals surface area contributed by atoms with Crippen LogP contribution in [0.3, 0.4) is 0 Å². The lowest BCUT2D eigenvalue weighted by Crippen LogP contribution is -2.50. The van der Waals surface area contributed by atoms with Crippen LogP contribution in [-0.4, -0.2) is 67.4 Å². The number of hydrogen-bond donors (Lipinski definition) is 2. The molecule has 1 aliphatic rings. The fourth-order valence-electron chi connectivity index (χ4n) is 1.93. The standard InChI is InChI=1S/C12H20N2O6/c1-3-4-14(5-10(15)19-2)12(18)13-9-7-20-6-8(9)11(16)17/h8-9H,3-7H2,1-2H3,(H,13,18)(H,16,17). The Kier molecular flexibility index (Phi) is 6.23. The summed E-state index contributed by atoms with van der Waals surface area (Å²) in [5, 5.41) is 11.6. The zero-order valence-corrected chi connectivity index (χ0v) is 11.6. The first-order valence-corrected chi connectivity index (χ1v) is 6.42. The summed E-state index contributed by atoms with van der Waals surface area (Å²) >= 11 is 0. The van der Waals surface area contributed by atoms with Crippen LogP contribution in [0.15, 0.2) is 0 Å². The number of carboxylic acid groups (broad SMARTS) is 1. The van der Waals surface area contributed by atoms with Crippen LogP contribution >= 0.6 is 0 Å². The number of carbonyl (C=O) groups excluding carboxylic acids is 2. The summed E-state index contributed by atoms with van der Waals surface area (Å²) in [6, 6.07) is -1.07. The molecule has 8 heteroatoms. The summed E-state index contributed by atoms with van der Waals surface area (Å²) in [7, 11) is 1.25. The average Bonchev–Trinajstić information content (AvgIpc) is 2.86. The molecule has 1 heterocycles. The number of aliphatic carboxylic acids is 1. The quantitative estimate of drug-likeness (QED) is 0.649. The van der Waals surface area contributed by atoms with E-state index >= 15 is 0 Å². The summed E-state index contributed by atoms with van der Waals surface area (Å²) in [5.41, 5.74) is 0. The Morgan fingerprint density at radius 1 is 1.40 bits per heavy atom. The van der Waals surface area contributed by atoms with Crippen molar-refractivity contribution < 1.29 is 29.0 Å². The zero-order valence-electron chi connectivity index (χ0n) is 11.6. The first-order chi connectivity index (χ1) is 9.49. The molecular weight excluding hydrogens is 268 g/mol. The molecule has 0 saturated carbocycles. The minimum Gasteiger partial charge on any atom is -0.481 e. The van der Waals surface area contributed by atoms with Gasteiger partial charge in [-0.3, -0.25) is 9.59 Å². The molecule has 0 aromatic heterocycles. The highest BCUT2D eigenvalue weighted by Gasteiger charge is 2.36. The molecule has 0 aliphatic carbocycles. The molecule has 0 aromatic carbocycles. The maximum Gasteiger partial charge on any atom is 0.325 e. The number of methoxy groups -OCH3 is 1. The predicted molar refractivity (Wildman–Crippen MR) is 68.1 cm³/mol. The van der Waals surface area contributed by atoms with Gasteiger partial charge in [0.25, 0.3) is 0 Å². The zero-order chi connectivity index (χ0) is 15.1.